The van der Waals surface area contributed by atoms with Crippen LogP contribution in [0.5, 0.6) is 0 Å². The van der Waals surface area contributed by atoms with Gasteiger partial charge in [-0.25, -0.2) is 8.78 Å². The fourth-order valence-corrected chi connectivity index (χ4v) is 6.90. The van der Waals surface area contributed by atoms with Gasteiger partial charge in [-0.05, 0) is 74.7 Å². The lowest BCUT2D eigenvalue weighted by atomic mass is 9.95. The third-order valence-corrected chi connectivity index (χ3v) is 9.13. The number of benzene rings is 3. The minimum Gasteiger partial charge on any atom is -0.347 e. The molecule has 0 aliphatic carbocycles. The number of hydrogen-bond donors (Lipinski definition) is 1. The SMILES string of the molecule is Cc1ccc(S(=O)(=O)O)c(CCn2ccc3cc(C(=O)N4CCc5c(nn(C)c5-c5cc(F)cc(F)c5)[C@@H]4C)ccc32)c1. The Morgan fingerprint density at radius 2 is 1.79 bits per heavy atom. The van der Waals surface area contributed by atoms with Crippen molar-refractivity contribution in [2.24, 2.45) is 7.05 Å². The Morgan fingerprint density at radius 3 is 2.51 bits per heavy atom. The highest BCUT2D eigenvalue weighted by Crippen LogP contribution is 2.36. The van der Waals surface area contributed by atoms with E-state index in [1.54, 1.807) is 34.8 Å². The van der Waals surface area contributed by atoms with Gasteiger partial charge in [0.2, 0.25) is 0 Å². The molecule has 11 heteroatoms. The molecule has 0 saturated heterocycles. The number of rotatable bonds is 6. The number of amides is 1. The zero-order valence-electron chi connectivity index (χ0n) is 23.9. The third-order valence-electron chi connectivity index (χ3n) is 8.17. The molecule has 1 N–H and O–H groups in total. The second-order valence-corrected chi connectivity index (χ2v) is 12.4. The zero-order chi connectivity index (χ0) is 30.6. The standard InChI is InChI=1S/C32H30F2N4O4S/c1-19-4-7-29(43(40,41)42)22(14-19)9-12-37-11-8-21-15-23(5-6-28(21)37)32(39)38-13-10-27-30(20(38)2)35-36(3)31(27)24-16-25(33)18-26(34)17-24/h4-8,11,14-18,20H,9-10,12-13H2,1-3H3,(H,40,41,42)/t20-/m0/s1. The van der Waals surface area contributed by atoms with E-state index in [1.807, 2.05) is 42.8 Å². The quantitative estimate of drug-likeness (QED) is 0.244. The Bertz CT molecular complexity index is 2000. The maximum atomic E-state index is 14.0. The molecule has 43 heavy (non-hydrogen) atoms. The normalized spacial score (nSPS) is 15.2. The van der Waals surface area contributed by atoms with Gasteiger partial charge in [0.05, 0.1) is 22.3 Å². The Kier molecular flexibility index (Phi) is 7.18. The van der Waals surface area contributed by atoms with Gasteiger partial charge in [-0.3, -0.25) is 14.0 Å². The first-order valence-corrected chi connectivity index (χ1v) is 15.3. The van der Waals surface area contributed by atoms with Crippen molar-refractivity contribution < 1.29 is 26.5 Å². The fourth-order valence-electron chi connectivity index (χ4n) is 6.16. The monoisotopic (exact) mass is 604 g/mol. The molecule has 6 rings (SSSR count). The summed E-state index contributed by atoms with van der Waals surface area (Å²) in [4.78, 5) is 15.4. The Morgan fingerprint density at radius 1 is 1.05 bits per heavy atom. The summed E-state index contributed by atoms with van der Waals surface area (Å²) in [5, 5.41) is 5.51. The third kappa shape index (κ3) is 5.34. The van der Waals surface area contributed by atoms with E-state index in [9.17, 15) is 26.5 Å². The molecule has 222 valence electrons. The number of halogens is 2. The van der Waals surface area contributed by atoms with Crippen LogP contribution in [0, 0.1) is 18.6 Å². The Labute approximate surface area is 247 Å². The van der Waals surface area contributed by atoms with Crippen LogP contribution in [0.4, 0.5) is 8.78 Å². The molecule has 1 aliphatic heterocycles. The molecule has 8 nitrogen and oxygen atoms in total. The van der Waals surface area contributed by atoms with Crippen LogP contribution in [-0.4, -0.2) is 44.7 Å². The van der Waals surface area contributed by atoms with Gasteiger partial charge in [0.25, 0.3) is 16.0 Å². The molecule has 3 heterocycles. The van der Waals surface area contributed by atoms with Crippen molar-refractivity contribution in [3.63, 3.8) is 0 Å². The van der Waals surface area contributed by atoms with Crippen molar-refractivity contribution >= 4 is 26.9 Å². The van der Waals surface area contributed by atoms with E-state index in [0.29, 0.717) is 54.0 Å². The molecular weight excluding hydrogens is 574 g/mol. The number of aryl methyl sites for hydroxylation is 4. The molecule has 0 unspecified atom stereocenters. The van der Waals surface area contributed by atoms with Crippen LogP contribution in [0.3, 0.4) is 0 Å². The van der Waals surface area contributed by atoms with Gasteiger partial charge in [0.1, 0.15) is 11.6 Å². The van der Waals surface area contributed by atoms with Gasteiger partial charge in [-0.15, -0.1) is 0 Å². The number of nitrogens with zero attached hydrogens (tertiary/aromatic N) is 4. The number of aromatic nitrogens is 3. The summed E-state index contributed by atoms with van der Waals surface area (Å²) < 4.78 is 64.9. The summed E-state index contributed by atoms with van der Waals surface area (Å²) in [6, 6.07) is 15.3. The van der Waals surface area contributed by atoms with Crippen LogP contribution in [-0.2, 0) is 36.6 Å². The van der Waals surface area contributed by atoms with Crippen molar-refractivity contribution in [2.45, 2.75) is 44.2 Å². The summed E-state index contributed by atoms with van der Waals surface area (Å²) >= 11 is 0. The number of hydrogen-bond acceptors (Lipinski definition) is 4. The summed E-state index contributed by atoms with van der Waals surface area (Å²) in [5.41, 5.74) is 5.48. The average molecular weight is 605 g/mol. The minimum absolute atomic E-state index is 0.0932. The summed E-state index contributed by atoms with van der Waals surface area (Å²) in [5.74, 6) is -1.46. The molecule has 5 aromatic rings. The van der Waals surface area contributed by atoms with Crippen LogP contribution >= 0.6 is 0 Å². The van der Waals surface area contributed by atoms with Gasteiger partial charge >= 0.3 is 0 Å². The van der Waals surface area contributed by atoms with Crippen molar-refractivity contribution in [1.29, 1.82) is 0 Å². The Hall–Kier alpha value is -4.35. The van der Waals surface area contributed by atoms with Crippen LogP contribution in [0.15, 0.2) is 71.8 Å². The first-order valence-electron chi connectivity index (χ1n) is 13.9. The van der Waals surface area contributed by atoms with Gasteiger partial charge in [0.15, 0.2) is 0 Å². The molecule has 3 aromatic carbocycles. The minimum atomic E-state index is -4.34. The maximum Gasteiger partial charge on any atom is 0.294 e. The van der Waals surface area contributed by atoms with Crippen LogP contribution in [0.25, 0.3) is 22.2 Å². The van der Waals surface area contributed by atoms with Gasteiger partial charge < -0.3 is 9.47 Å². The molecular formula is C32H30F2N4O4S. The fraction of sp³-hybridized carbons (Fsp3) is 0.250. The first-order chi connectivity index (χ1) is 20.4. The van der Waals surface area contributed by atoms with Crippen LogP contribution < -0.4 is 0 Å². The molecule has 0 fully saturated rings. The lowest BCUT2D eigenvalue weighted by molar-refractivity contribution is 0.0674. The number of carbonyl (C=O) groups is 1. The molecule has 0 spiro atoms. The van der Waals surface area contributed by atoms with E-state index in [0.717, 1.165) is 28.1 Å². The lowest BCUT2D eigenvalue weighted by Crippen LogP contribution is -2.38. The highest BCUT2D eigenvalue weighted by molar-refractivity contribution is 7.85. The van der Waals surface area contributed by atoms with E-state index in [1.165, 1.54) is 18.2 Å². The van der Waals surface area contributed by atoms with E-state index in [2.05, 4.69) is 5.10 Å². The molecule has 1 amide bonds. The van der Waals surface area contributed by atoms with Crippen molar-refractivity contribution in [3.8, 4) is 11.3 Å². The number of fused-ring (bicyclic) bond motifs is 2. The van der Waals surface area contributed by atoms with Crippen LogP contribution in [0.2, 0.25) is 0 Å². The summed E-state index contributed by atoms with van der Waals surface area (Å²) in [7, 11) is -2.61. The summed E-state index contributed by atoms with van der Waals surface area (Å²) in [6.45, 7) is 4.67. The van der Waals surface area contributed by atoms with Crippen molar-refractivity contribution in [2.75, 3.05) is 6.54 Å². The van der Waals surface area contributed by atoms with Crippen molar-refractivity contribution in [1.82, 2.24) is 19.2 Å². The van der Waals surface area contributed by atoms with E-state index in [-0.39, 0.29) is 16.8 Å². The maximum absolute atomic E-state index is 14.0. The molecule has 0 saturated carbocycles. The van der Waals surface area contributed by atoms with Gasteiger partial charge in [-0.2, -0.15) is 13.5 Å². The van der Waals surface area contributed by atoms with E-state index in [4.69, 9.17) is 0 Å². The second-order valence-electron chi connectivity index (χ2n) is 11.0. The predicted octanol–water partition coefficient (Wildman–Crippen LogP) is 5.88. The van der Waals surface area contributed by atoms with Crippen molar-refractivity contribution in [3.05, 3.63) is 106 Å². The molecule has 2 aromatic heterocycles. The zero-order valence-corrected chi connectivity index (χ0v) is 24.7. The predicted molar refractivity (Wildman–Crippen MR) is 158 cm³/mol. The molecule has 0 bridgehead atoms. The smallest absolute Gasteiger partial charge is 0.294 e. The largest absolute Gasteiger partial charge is 0.347 e. The highest BCUT2D eigenvalue weighted by atomic mass is 32.2. The first kappa shape index (κ1) is 28.8. The lowest BCUT2D eigenvalue weighted by Gasteiger charge is -2.33. The second kappa shape index (κ2) is 10.7. The van der Waals surface area contributed by atoms with Crippen LogP contribution in [0.1, 0.15) is 45.7 Å². The average Bonchev–Trinajstić information content (AvgIpc) is 3.50. The Balaban J connectivity index is 1.23. The van der Waals surface area contributed by atoms with E-state index < -0.39 is 21.8 Å². The topological polar surface area (TPSA) is 97.4 Å². The summed E-state index contributed by atoms with van der Waals surface area (Å²) in [6.07, 6.45) is 2.78. The molecule has 0 radical (unpaired) electrons. The molecule has 1 atom stereocenters. The van der Waals surface area contributed by atoms with E-state index >= 15 is 0 Å². The highest BCUT2D eigenvalue weighted by Gasteiger charge is 2.33. The molecule has 1 aliphatic rings. The van der Waals surface area contributed by atoms with Gasteiger partial charge in [0, 0.05) is 60.0 Å². The van der Waals surface area contributed by atoms with Gasteiger partial charge in [-0.1, -0.05) is 17.7 Å². The number of carbonyl (C=O) groups excluding carboxylic acids is 1.